The van der Waals surface area contributed by atoms with Gasteiger partial charge in [0, 0.05) is 11.1 Å². The van der Waals surface area contributed by atoms with Crippen LogP contribution in [0.25, 0.3) is 11.5 Å². The number of carbonyl (C=O) groups is 1. The van der Waals surface area contributed by atoms with Gasteiger partial charge in [-0.1, -0.05) is 49.9 Å². The molecule has 3 rings (SSSR count). The van der Waals surface area contributed by atoms with Gasteiger partial charge < -0.3 is 13.9 Å². The number of benzene rings is 2. The third-order valence-electron chi connectivity index (χ3n) is 4.26. The molecule has 0 aliphatic carbocycles. The van der Waals surface area contributed by atoms with Crippen LogP contribution in [0.15, 0.2) is 52.1 Å². The first-order valence-electron chi connectivity index (χ1n) is 8.83. The van der Waals surface area contributed by atoms with Crippen molar-refractivity contribution in [2.45, 2.75) is 25.0 Å². The molecule has 1 aromatic heterocycles. The maximum absolute atomic E-state index is 12.4. The molecule has 2 aromatic carbocycles. The first kappa shape index (κ1) is 19.9. The first-order valence-corrected chi connectivity index (χ1v) is 9.82. The molecule has 0 atom stereocenters. The van der Waals surface area contributed by atoms with Gasteiger partial charge in [0.1, 0.15) is 0 Å². The third kappa shape index (κ3) is 4.54. The largest absolute Gasteiger partial charge is 0.493 e. The Balaban J connectivity index is 1.65. The van der Waals surface area contributed by atoms with E-state index in [0.29, 0.717) is 39.7 Å². The van der Waals surface area contributed by atoms with E-state index in [0.717, 1.165) is 0 Å². The van der Waals surface area contributed by atoms with Crippen LogP contribution in [-0.2, 0) is 0 Å². The molecular formula is C21H22N2O4S. The highest BCUT2D eigenvalue weighted by atomic mass is 32.2. The Morgan fingerprint density at radius 2 is 1.75 bits per heavy atom. The fraction of sp³-hybridized carbons (Fsp3) is 0.286. The molecule has 0 unspecified atom stereocenters. The van der Waals surface area contributed by atoms with Crippen molar-refractivity contribution >= 4 is 17.5 Å². The van der Waals surface area contributed by atoms with Crippen LogP contribution in [-0.4, -0.2) is 36.0 Å². The van der Waals surface area contributed by atoms with Crippen LogP contribution in [0.4, 0.5) is 0 Å². The minimum atomic E-state index is 0.0196. The molecule has 6 nitrogen and oxygen atoms in total. The summed E-state index contributed by atoms with van der Waals surface area (Å²) in [6.07, 6.45) is 0. The van der Waals surface area contributed by atoms with E-state index in [1.807, 2.05) is 30.3 Å². The van der Waals surface area contributed by atoms with Gasteiger partial charge >= 0.3 is 0 Å². The Morgan fingerprint density at radius 3 is 2.39 bits per heavy atom. The Hall–Kier alpha value is -2.80. The Labute approximate surface area is 168 Å². The summed E-state index contributed by atoms with van der Waals surface area (Å²) in [6, 6.07) is 13.1. The molecule has 0 radical (unpaired) electrons. The average Bonchev–Trinajstić information content (AvgIpc) is 3.20. The highest BCUT2D eigenvalue weighted by Gasteiger charge is 2.14. The van der Waals surface area contributed by atoms with E-state index in [4.69, 9.17) is 13.9 Å². The van der Waals surface area contributed by atoms with Crippen LogP contribution < -0.4 is 9.47 Å². The minimum Gasteiger partial charge on any atom is -0.493 e. The molecule has 0 aliphatic heterocycles. The summed E-state index contributed by atoms with van der Waals surface area (Å²) in [7, 11) is 3.14. The Kier molecular flexibility index (Phi) is 6.36. The topological polar surface area (TPSA) is 74.5 Å². The number of rotatable bonds is 8. The van der Waals surface area contributed by atoms with Crippen molar-refractivity contribution in [1.82, 2.24) is 10.2 Å². The van der Waals surface area contributed by atoms with Gasteiger partial charge in [-0.3, -0.25) is 4.79 Å². The highest BCUT2D eigenvalue weighted by Crippen LogP contribution is 2.32. The molecule has 0 saturated carbocycles. The summed E-state index contributed by atoms with van der Waals surface area (Å²) in [5, 5.41) is 8.41. The van der Waals surface area contributed by atoms with E-state index in [2.05, 4.69) is 24.0 Å². The van der Waals surface area contributed by atoms with E-state index < -0.39 is 0 Å². The SMILES string of the molecule is COc1ccc(-c2nnc(SCC(=O)c3ccc(C(C)C)cc3)o2)cc1OC. The normalized spacial score (nSPS) is 10.9. The minimum absolute atomic E-state index is 0.0196. The first-order chi connectivity index (χ1) is 13.5. The number of nitrogens with zero attached hydrogens (tertiary/aromatic N) is 2. The lowest BCUT2D eigenvalue weighted by Crippen LogP contribution is -2.02. The standard InChI is InChI=1S/C21H22N2O4S/c1-13(2)14-5-7-15(8-6-14)17(24)12-28-21-23-22-20(27-21)16-9-10-18(25-3)19(11-16)26-4/h5-11,13H,12H2,1-4H3. The van der Waals surface area contributed by atoms with Crippen molar-refractivity contribution in [3.05, 3.63) is 53.6 Å². The predicted molar refractivity (Wildman–Crippen MR) is 108 cm³/mol. The van der Waals surface area contributed by atoms with Gasteiger partial charge in [-0.25, -0.2) is 0 Å². The number of ether oxygens (including phenoxy) is 2. The molecule has 3 aromatic rings. The summed E-state index contributed by atoms with van der Waals surface area (Å²) in [5.41, 5.74) is 2.60. The van der Waals surface area contributed by atoms with E-state index in [9.17, 15) is 4.79 Å². The zero-order valence-electron chi connectivity index (χ0n) is 16.3. The molecule has 0 N–H and O–H groups in total. The van der Waals surface area contributed by atoms with Crippen molar-refractivity contribution < 1.29 is 18.7 Å². The van der Waals surface area contributed by atoms with Crippen molar-refractivity contribution in [2.75, 3.05) is 20.0 Å². The zero-order valence-corrected chi connectivity index (χ0v) is 17.1. The van der Waals surface area contributed by atoms with Crippen molar-refractivity contribution in [2.24, 2.45) is 0 Å². The van der Waals surface area contributed by atoms with E-state index in [-0.39, 0.29) is 11.5 Å². The van der Waals surface area contributed by atoms with Crippen LogP contribution >= 0.6 is 11.8 Å². The number of carbonyl (C=O) groups excluding carboxylic acids is 1. The maximum Gasteiger partial charge on any atom is 0.277 e. The monoisotopic (exact) mass is 398 g/mol. The van der Waals surface area contributed by atoms with Gasteiger partial charge in [-0.05, 0) is 29.7 Å². The van der Waals surface area contributed by atoms with E-state index >= 15 is 0 Å². The van der Waals surface area contributed by atoms with Crippen LogP contribution in [0.5, 0.6) is 11.5 Å². The number of methoxy groups -OCH3 is 2. The maximum atomic E-state index is 12.4. The van der Waals surface area contributed by atoms with Crippen LogP contribution in [0, 0.1) is 0 Å². The number of hydrogen-bond acceptors (Lipinski definition) is 7. The van der Waals surface area contributed by atoms with Crippen LogP contribution in [0.2, 0.25) is 0 Å². The Morgan fingerprint density at radius 1 is 1.04 bits per heavy atom. The smallest absolute Gasteiger partial charge is 0.277 e. The second-order valence-corrected chi connectivity index (χ2v) is 7.36. The molecule has 0 fully saturated rings. The van der Waals surface area contributed by atoms with Crippen LogP contribution in [0.3, 0.4) is 0 Å². The van der Waals surface area contributed by atoms with Crippen LogP contribution in [0.1, 0.15) is 35.7 Å². The Bertz CT molecular complexity index is 951. The second kappa shape index (κ2) is 8.93. The number of hydrogen-bond donors (Lipinski definition) is 0. The molecule has 28 heavy (non-hydrogen) atoms. The molecule has 0 bridgehead atoms. The van der Waals surface area contributed by atoms with Crippen molar-refractivity contribution in [3.8, 4) is 23.0 Å². The number of aromatic nitrogens is 2. The molecule has 7 heteroatoms. The van der Waals surface area contributed by atoms with Crippen molar-refractivity contribution in [3.63, 3.8) is 0 Å². The molecule has 0 saturated heterocycles. The molecule has 0 aliphatic rings. The highest BCUT2D eigenvalue weighted by molar-refractivity contribution is 7.99. The fourth-order valence-electron chi connectivity index (χ4n) is 2.62. The van der Waals surface area contributed by atoms with Crippen molar-refractivity contribution in [1.29, 1.82) is 0 Å². The van der Waals surface area contributed by atoms with Gasteiger partial charge in [-0.2, -0.15) is 0 Å². The molecular weight excluding hydrogens is 376 g/mol. The molecule has 0 amide bonds. The summed E-state index contributed by atoms with van der Waals surface area (Å²) in [5.74, 6) is 2.24. The molecule has 1 heterocycles. The third-order valence-corrected chi connectivity index (χ3v) is 5.08. The van der Waals surface area contributed by atoms with Gasteiger partial charge in [-0.15, -0.1) is 10.2 Å². The number of ketones is 1. The van der Waals surface area contributed by atoms with Gasteiger partial charge in [0.2, 0.25) is 5.89 Å². The summed E-state index contributed by atoms with van der Waals surface area (Å²) >= 11 is 1.22. The summed E-state index contributed by atoms with van der Waals surface area (Å²) < 4.78 is 16.2. The quantitative estimate of drug-likeness (QED) is 0.396. The summed E-state index contributed by atoms with van der Waals surface area (Å²) in [6.45, 7) is 4.25. The summed E-state index contributed by atoms with van der Waals surface area (Å²) in [4.78, 5) is 12.4. The number of thioether (sulfide) groups is 1. The predicted octanol–water partition coefficient (Wildman–Crippen LogP) is 4.85. The molecule has 146 valence electrons. The zero-order chi connectivity index (χ0) is 20.1. The molecule has 0 spiro atoms. The van der Waals surface area contributed by atoms with Gasteiger partial charge in [0.25, 0.3) is 5.22 Å². The van der Waals surface area contributed by atoms with Gasteiger partial charge in [0.15, 0.2) is 17.3 Å². The second-order valence-electron chi connectivity index (χ2n) is 6.43. The van der Waals surface area contributed by atoms with E-state index in [1.165, 1.54) is 17.3 Å². The lowest BCUT2D eigenvalue weighted by molar-refractivity contribution is 0.102. The average molecular weight is 398 g/mol. The lowest BCUT2D eigenvalue weighted by atomic mass is 10.0. The lowest BCUT2D eigenvalue weighted by Gasteiger charge is -2.07. The fourth-order valence-corrected chi connectivity index (χ4v) is 3.28. The van der Waals surface area contributed by atoms with Gasteiger partial charge in [0.05, 0.1) is 20.0 Å². The van der Waals surface area contributed by atoms with E-state index in [1.54, 1.807) is 26.4 Å². The number of Topliss-reactive ketones (excluding diaryl/α,β-unsaturated/α-hetero) is 1.